The van der Waals surface area contributed by atoms with Crippen molar-refractivity contribution in [2.45, 2.75) is 32.2 Å². The van der Waals surface area contributed by atoms with E-state index in [0.29, 0.717) is 11.4 Å². The molecule has 1 aromatic carbocycles. The summed E-state index contributed by atoms with van der Waals surface area (Å²) in [7, 11) is -2.88. The van der Waals surface area contributed by atoms with Gasteiger partial charge in [0.05, 0.1) is 0 Å². The van der Waals surface area contributed by atoms with Crippen molar-refractivity contribution in [2.24, 2.45) is 0 Å². The van der Waals surface area contributed by atoms with Gasteiger partial charge in [0.1, 0.15) is 9.84 Å². The smallest absolute Gasteiger partial charge is 0.147 e. The van der Waals surface area contributed by atoms with Crippen molar-refractivity contribution < 1.29 is 8.42 Å². The molecule has 1 unspecified atom stereocenters. The number of halogens is 1. The van der Waals surface area contributed by atoms with Crippen LogP contribution in [0.1, 0.15) is 37.8 Å². The zero-order valence-corrected chi connectivity index (χ0v) is 13.1. The van der Waals surface area contributed by atoms with Crippen LogP contribution in [0.3, 0.4) is 0 Å². The summed E-state index contributed by atoms with van der Waals surface area (Å²) < 4.78 is 22.3. The fraction of sp³-hybridized carbons (Fsp3) is 0.571. The Kier molecular flexibility index (Phi) is 6.83. The molecule has 0 aliphatic carbocycles. The fourth-order valence-electron chi connectivity index (χ4n) is 1.95. The molecule has 0 heterocycles. The first-order valence-electron chi connectivity index (χ1n) is 6.59. The van der Waals surface area contributed by atoms with Gasteiger partial charge in [-0.15, -0.1) is 0 Å². The molecule has 0 bridgehead atoms. The number of hydrogen-bond acceptors (Lipinski definition) is 3. The molecule has 1 rings (SSSR count). The lowest BCUT2D eigenvalue weighted by Gasteiger charge is -2.19. The van der Waals surface area contributed by atoms with Crippen molar-refractivity contribution >= 4 is 21.4 Å². The van der Waals surface area contributed by atoms with Crippen LogP contribution >= 0.6 is 11.6 Å². The highest BCUT2D eigenvalue weighted by atomic mass is 35.5. The van der Waals surface area contributed by atoms with E-state index in [9.17, 15) is 8.42 Å². The summed E-state index contributed by atoms with van der Waals surface area (Å²) in [5.74, 6) is 0.241. The van der Waals surface area contributed by atoms with Gasteiger partial charge in [-0.3, -0.25) is 0 Å². The van der Waals surface area contributed by atoms with Crippen molar-refractivity contribution in [1.29, 1.82) is 0 Å². The molecule has 0 saturated carbocycles. The van der Waals surface area contributed by atoms with Crippen LogP contribution < -0.4 is 5.32 Å². The molecule has 0 fully saturated rings. The van der Waals surface area contributed by atoms with Crippen LogP contribution in [-0.4, -0.2) is 27.0 Å². The summed E-state index contributed by atoms with van der Waals surface area (Å²) in [4.78, 5) is 0. The van der Waals surface area contributed by atoms with Crippen LogP contribution in [0.2, 0.25) is 5.02 Å². The molecule has 0 aromatic heterocycles. The van der Waals surface area contributed by atoms with E-state index in [1.54, 1.807) is 0 Å². The van der Waals surface area contributed by atoms with Gasteiger partial charge in [0.2, 0.25) is 0 Å². The van der Waals surface area contributed by atoms with Crippen LogP contribution in [-0.2, 0) is 9.84 Å². The third kappa shape index (κ3) is 6.95. The van der Waals surface area contributed by atoms with Crippen LogP contribution in [0, 0.1) is 0 Å². The van der Waals surface area contributed by atoms with Gasteiger partial charge < -0.3 is 5.32 Å². The summed E-state index contributed by atoms with van der Waals surface area (Å²) in [6.07, 6.45) is 3.82. The Morgan fingerprint density at radius 1 is 1.26 bits per heavy atom. The number of sulfone groups is 1. The van der Waals surface area contributed by atoms with Crippen molar-refractivity contribution in [3.63, 3.8) is 0 Å². The molecule has 1 aromatic rings. The number of nitrogens with one attached hydrogen (secondary N) is 1. The maximum atomic E-state index is 11.2. The lowest BCUT2D eigenvalue weighted by Crippen LogP contribution is -2.22. The minimum Gasteiger partial charge on any atom is -0.310 e. The van der Waals surface area contributed by atoms with E-state index in [1.165, 1.54) is 6.26 Å². The van der Waals surface area contributed by atoms with Gasteiger partial charge in [-0.25, -0.2) is 8.42 Å². The molecule has 0 saturated heterocycles. The second-order valence-corrected chi connectivity index (χ2v) is 7.53. The summed E-state index contributed by atoms with van der Waals surface area (Å²) in [5.41, 5.74) is 1.16. The average molecular weight is 304 g/mol. The van der Waals surface area contributed by atoms with Crippen LogP contribution in [0.5, 0.6) is 0 Å². The Hall–Kier alpha value is -0.580. The topological polar surface area (TPSA) is 46.2 Å². The predicted molar refractivity (Wildman–Crippen MR) is 81.4 cm³/mol. The fourth-order valence-corrected chi connectivity index (χ4v) is 2.77. The Morgan fingerprint density at radius 3 is 2.42 bits per heavy atom. The number of hydrogen-bond donors (Lipinski definition) is 1. The quantitative estimate of drug-likeness (QED) is 0.802. The third-order valence-corrected chi connectivity index (χ3v) is 4.20. The normalized spacial score (nSPS) is 13.4. The largest absolute Gasteiger partial charge is 0.310 e. The SMILES string of the molecule is CCCNC(CCCS(C)(=O)=O)c1ccc(Cl)cc1. The van der Waals surface area contributed by atoms with Gasteiger partial charge >= 0.3 is 0 Å². The van der Waals surface area contributed by atoms with Crippen molar-refractivity contribution in [1.82, 2.24) is 5.32 Å². The molecule has 5 heteroatoms. The van der Waals surface area contributed by atoms with Crippen LogP contribution in [0.4, 0.5) is 0 Å². The van der Waals surface area contributed by atoms with Crippen molar-refractivity contribution in [2.75, 3.05) is 18.6 Å². The maximum Gasteiger partial charge on any atom is 0.147 e. The molecular formula is C14H22ClNO2S. The lowest BCUT2D eigenvalue weighted by atomic mass is 10.0. The van der Waals surface area contributed by atoms with Crippen LogP contribution in [0.25, 0.3) is 0 Å². The lowest BCUT2D eigenvalue weighted by molar-refractivity contribution is 0.492. The highest BCUT2D eigenvalue weighted by Crippen LogP contribution is 2.21. The molecule has 0 aliphatic heterocycles. The molecular weight excluding hydrogens is 282 g/mol. The van der Waals surface area contributed by atoms with Crippen LogP contribution in [0.15, 0.2) is 24.3 Å². The Bertz CT molecular complexity index is 471. The van der Waals surface area contributed by atoms with E-state index in [2.05, 4.69) is 12.2 Å². The Balaban J connectivity index is 2.63. The van der Waals surface area contributed by atoms with E-state index in [4.69, 9.17) is 11.6 Å². The first-order valence-corrected chi connectivity index (χ1v) is 9.03. The molecule has 1 N–H and O–H groups in total. The first-order chi connectivity index (χ1) is 8.92. The Morgan fingerprint density at radius 2 is 1.89 bits per heavy atom. The van der Waals surface area contributed by atoms with E-state index in [-0.39, 0.29) is 11.8 Å². The zero-order chi connectivity index (χ0) is 14.3. The van der Waals surface area contributed by atoms with E-state index >= 15 is 0 Å². The van der Waals surface area contributed by atoms with Gasteiger partial charge in [0.25, 0.3) is 0 Å². The molecule has 0 radical (unpaired) electrons. The molecule has 19 heavy (non-hydrogen) atoms. The molecule has 108 valence electrons. The molecule has 0 spiro atoms. The molecule has 0 amide bonds. The summed E-state index contributed by atoms with van der Waals surface area (Å²) in [6.45, 7) is 3.04. The second kappa shape index (κ2) is 7.88. The zero-order valence-electron chi connectivity index (χ0n) is 11.5. The molecule has 0 aliphatic rings. The maximum absolute atomic E-state index is 11.2. The van der Waals surface area contributed by atoms with E-state index in [0.717, 1.165) is 24.9 Å². The highest BCUT2D eigenvalue weighted by Gasteiger charge is 2.12. The summed E-state index contributed by atoms with van der Waals surface area (Å²) in [5, 5.41) is 4.17. The van der Waals surface area contributed by atoms with E-state index in [1.807, 2.05) is 24.3 Å². The summed E-state index contributed by atoms with van der Waals surface area (Å²) in [6, 6.07) is 7.92. The molecule has 3 nitrogen and oxygen atoms in total. The second-order valence-electron chi connectivity index (χ2n) is 4.83. The van der Waals surface area contributed by atoms with Crippen molar-refractivity contribution in [3.05, 3.63) is 34.9 Å². The Labute approximate surface area is 121 Å². The minimum absolute atomic E-state index is 0.193. The van der Waals surface area contributed by atoms with Gasteiger partial charge in [0, 0.05) is 23.1 Å². The number of benzene rings is 1. The van der Waals surface area contributed by atoms with Gasteiger partial charge in [-0.05, 0) is 43.5 Å². The van der Waals surface area contributed by atoms with Gasteiger partial charge in [-0.2, -0.15) is 0 Å². The molecule has 1 atom stereocenters. The predicted octanol–water partition coefficient (Wildman–Crippen LogP) is 3.21. The highest BCUT2D eigenvalue weighted by molar-refractivity contribution is 7.90. The van der Waals surface area contributed by atoms with Crippen molar-refractivity contribution in [3.8, 4) is 0 Å². The van der Waals surface area contributed by atoms with Gasteiger partial charge in [0.15, 0.2) is 0 Å². The standard InChI is InChI=1S/C14H22ClNO2S/c1-3-10-16-14(5-4-11-19(2,17)18)12-6-8-13(15)9-7-12/h6-9,14,16H,3-5,10-11H2,1-2H3. The number of rotatable bonds is 8. The van der Waals surface area contributed by atoms with E-state index < -0.39 is 9.84 Å². The first kappa shape index (κ1) is 16.5. The summed E-state index contributed by atoms with van der Waals surface area (Å²) >= 11 is 5.89. The third-order valence-electron chi connectivity index (χ3n) is 2.92. The monoisotopic (exact) mass is 303 g/mol. The van der Waals surface area contributed by atoms with Gasteiger partial charge in [-0.1, -0.05) is 30.7 Å². The average Bonchev–Trinajstić information content (AvgIpc) is 2.33. The minimum atomic E-state index is -2.88.